The molecule has 0 unspecified atom stereocenters. The minimum Gasteiger partial charge on any atom is -0.466 e. The molecule has 0 saturated carbocycles. The van der Waals surface area contributed by atoms with Crippen LogP contribution in [0.5, 0.6) is 0 Å². The van der Waals surface area contributed by atoms with Gasteiger partial charge in [-0.25, -0.2) is 4.98 Å². The molecule has 146 valence electrons. The Morgan fingerprint density at radius 3 is 3.04 bits per heavy atom. The average molecular weight is 398 g/mol. The molecule has 1 aliphatic rings. The molecule has 4 rings (SSSR count). The summed E-state index contributed by atoms with van der Waals surface area (Å²) in [6, 6.07) is 3.90. The largest absolute Gasteiger partial charge is 0.466 e. The summed E-state index contributed by atoms with van der Waals surface area (Å²) in [7, 11) is 0. The molecule has 3 aromatic heterocycles. The van der Waals surface area contributed by atoms with Crippen LogP contribution in [-0.2, 0) is 35.3 Å². The van der Waals surface area contributed by atoms with E-state index in [0.717, 1.165) is 47.9 Å². The topological polar surface area (TPSA) is 74.1 Å². The van der Waals surface area contributed by atoms with Crippen molar-refractivity contribution < 1.29 is 9.53 Å². The van der Waals surface area contributed by atoms with E-state index in [-0.39, 0.29) is 17.9 Å². The van der Waals surface area contributed by atoms with Crippen LogP contribution in [0.15, 0.2) is 35.6 Å². The minimum atomic E-state index is -0.287. The molecule has 0 amide bonds. The van der Waals surface area contributed by atoms with Crippen LogP contribution in [0.4, 0.5) is 0 Å². The number of thiophene rings is 1. The Morgan fingerprint density at radius 2 is 2.18 bits per heavy atom. The van der Waals surface area contributed by atoms with Crippen LogP contribution in [0.1, 0.15) is 41.7 Å². The van der Waals surface area contributed by atoms with Gasteiger partial charge in [-0.3, -0.25) is 19.1 Å². The Labute approximate surface area is 167 Å². The standard InChI is InChI=1S/C21H23N3O3S/c25-18(27-12-4-6-15-5-3-10-22-13-15)9-11-24-14-23-20-19(21(24)26)16-7-1-2-8-17(16)28-20/h3,5,10,13-14H,1-2,4,6-9,11-12H2. The van der Waals surface area contributed by atoms with Gasteiger partial charge in [0.05, 0.1) is 24.7 Å². The molecule has 0 radical (unpaired) electrons. The van der Waals surface area contributed by atoms with Gasteiger partial charge in [0.25, 0.3) is 5.56 Å². The number of carbonyl (C=O) groups is 1. The van der Waals surface area contributed by atoms with E-state index in [1.54, 1.807) is 28.4 Å². The van der Waals surface area contributed by atoms with E-state index >= 15 is 0 Å². The van der Waals surface area contributed by atoms with Crippen LogP contribution >= 0.6 is 11.3 Å². The summed E-state index contributed by atoms with van der Waals surface area (Å²) in [5, 5.41) is 0.757. The zero-order valence-electron chi connectivity index (χ0n) is 15.7. The molecule has 7 heteroatoms. The third kappa shape index (κ3) is 4.14. The number of hydrogen-bond acceptors (Lipinski definition) is 6. The van der Waals surface area contributed by atoms with Gasteiger partial charge in [0.15, 0.2) is 0 Å². The molecule has 28 heavy (non-hydrogen) atoms. The first-order chi connectivity index (χ1) is 13.7. The average Bonchev–Trinajstić information content (AvgIpc) is 3.11. The molecular weight excluding hydrogens is 374 g/mol. The predicted octanol–water partition coefficient (Wildman–Crippen LogP) is 3.30. The van der Waals surface area contributed by atoms with Crippen LogP contribution in [0, 0.1) is 0 Å². The van der Waals surface area contributed by atoms with Crippen molar-refractivity contribution in [2.45, 2.75) is 51.5 Å². The van der Waals surface area contributed by atoms with Crippen LogP contribution in [0.3, 0.4) is 0 Å². The van der Waals surface area contributed by atoms with E-state index in [0.29, 0.717) is 13.2 Å². The summed E-state index contributed by atoms with van der Waals surface area (Å²) in [4.78, 5) is 35.5. The molecule has 6 nitrogen and oxygen atoms in total. The Balaban J connectivity index is 1.32. The van der Waals surface area contributed by atoms with Crippen molar-refractivity contribution in [3.8, 4) is 0 Å². The predicted molar refractivity (Wildman–Crippen MR) is 109 cm³/mol. The summed E-state index contributed by atoms with van der Waals surface area (Å²) in [6.45, 7) is 0.672. The van der Waals surface area contributed by atoms with Crippen LogP contribution in [0.25, 0.3) is 10.2 Å². The number of aryl methyl sites for hydroxylation is 4. The second-order valence-corrected chi connectivity index (χ2v) is 8.15. The van der Waals surface area contributed by atoms with Gasteiger partial charge in [-0.05, 0) is 55.7 Å². The summed E-state index contributed by atoms with van der Waals surface area (Å²) in [6.07, 6.45) is 11.2. The van der Waals surface area contributed by atoms with Crippen molar-refractivity contribution in [2.24, 2.45) is 0 Å². The lowest BCUT2D eigenvalue weighted by Gasteiger charge is -2.10. The Morgan fingerprint density at radius 1 is 1.29 bits per heavy atom. The van der Waals surface area contributed by atoms with Gasteiger partial charge >= 0.3 is 5.97 Å². The van der Waals surface area contributed by atoms with Crippen LogP contribution in [-0.4, -0.2) is 27.1 Å². The number of nitrogens with zero attached hydrogens (tertiary/aromatic N) is 3. The smallest absolute Gasteiger partial charge is 0.307 e. The van der Waals surface area contributed by atoms with Gasteiger partial charge in [-0.2, -0.15) is 0 Å². The van der Waals surface area contributed by atoms with Gasteiger partial charge in [-0.15, -0.1) is 11.3 Å². The highest BCUT2D eigenvalue weighted by molar-refractivity contribution is 7.18. The van der Waals surface area contributed by atoms with E-state index in [1.165, 1.54) is 16.9 Å². The van der Waals surface area contributed by atoms with Gasteiger partial charge in [0.1, 0.15) is 4.83 Å². The van der Waals surface area contributed by atoms with Gasteiger partial charge in [0.2, 0.25) is 0 Å². The SMILES string of the molecule is O=C(CCn1cnc2sc3c(c2c1=O)CCCC3)OCCCc1cccnc1. The maximum atomic E-state index is 12.9. The highest BCUT2D eigenvalue weighted by Gasteiger charge is 2.20. The molecule has 0 spiro atoms. The molecule has 3 aromatic rings. The maximum absolute atomic E-state index is 12.9. The van der Waals surface area contributed by atoms with E-state index in [4.69, 9.17) is 4.74 Å². The minimum absolute atomic E-state index is 0.0335. The lowest BCUT2D eigenvalue weighted by molar-refractivity contribution is -0.144. The van der Waals surface area contributed by atoms with Crippen molar-refractivity contribution in [1.82, 2.24) is 14.5 Å². The van der Waals surface area contributed by atoms with E-state index < -0.39 is 0 Å². The molecule has 0 aromatic carbocycles. The van der Waals surface area contributed by atoms with Gasteiger partial charge in [-0.1, -0.05) is 6.07 Å². The van der Waals surface area contributed by atoms with Crippen molar-refractivity contribution in [3.05, 3.63) is 57.2 Å². The van der Waals surface area contributed by atoms with Crippen molar-refractivity contribution in [3.63, 3.8) is 0 Å². The molecule has 0 bridgehead atoms. The number of ether oxygens (including phenoxy) is 1. The number of fused-ring (bicyclic) bond motifs is 3. The molecule has 0 fully saturated rings. The monoisotopic (exact) mass is 397 g/mol. The van der Waals surface area contributed by atoms with Crippen LogP contribution in [0.2, 0.25) is 0 Å². The molecule has 0 atom stereocenters. The Bertz CT molecular complexity index is 1030. The zero-order chi connectivity index (χ0) is 19.3. The third-order valence-corrected chi connectivity index (χ3v) is 6.29. The fourth-order valence-corrected chi connectivity index (χ4v) is 4.85. The highest BCUT2D eigenvalue weighted by atomic mass is 32.1. The third-order valence-electron chi connectivity index (χ3n) is 5.09. The van der Waals surface area contributed by atoms with Gasteiger partial charge in [0, 0.05) is 23.8 Å². The highest BCUT2D eigenvalue weighted by Crippen LogP contribution is 2.33. The van der Waals surface area contributed by atoms with E-state index in [2.05, 4.69) is 9.97 Å². The number of aromatic nitrogens is 3. The summed E-state index contributed by atoms with van der Waals surface area (Å²) in [5.74, 6) is -0.287. The number of rotatable bonds is 7. The maximum Gasteiger partial charge on any atom is 0.307 e. The summed E-state index contributed by atoms with van der Waals surface area (Å²) in [5.41, 5.74) is 2.27. The number of hydrogen-bond donors (Lipinski definition) is 0. The second kappa shape index (κ2) is 8.65. The first kappa shape index (κ1) is 18.8. The molecule has 3 heterocycles. The van der Waals surface area contributed by atoms with Crippen molar-refractivity contribution in [2.75, 3.05) is 6.61 Å². The lowest BCUT2D eigenvalue weighted by Crippen LogP contribution is -2.23. The van der Waals surface area contributed by atoms with Gasteiger partial charge < -0.3 is 4.74 Å². The van der Waals surface area contributed by atoms with Crippen molar-refractivity contribution in [1.29, 1.82) is 0 Å². The molecular formula is C21H23N3O3S. The van der Waals surface area contributed by atoms with E-state index in [1.807, 2.05) is 18.3 Å². The summed E-state index contributed by atoms with van der Waals surface area (Å²) >= 11 is 1.64. The molecule has 0 saturated heterocycles. The van der Waals surface area contributed by atoms with Crippen LogP contribution < -0.4 is 5.56 Å². The molecule has 0 aliphatic heterocycles. The fraction of sp³-hybridized carbons (Fsp3) is 0.429. The molecule has 1 aliphatic carbocycles. The second-order valence-electron chi connectivity index (χ2n) is 7.07. The first-order valence-electron chi connectivity index (χ1n) is 9.76. The Hall–Kier alpha value is -2.54. The Kier molecular flexibility index (Phi) is 5.81. The quantitative estimate of drug-likeness (QED) is 0.452. The van der Waals surface area contributed by atoms with E-state index in [9.17, 15) is 9.59 Å². The summed E-state index contributed by atoms with van der Waals surface area (Å²) < 4.78 is 6.84. The first-order valence-corrected chi connectivity index (χ1v) is 10.6. The number of pyridine rings is 1. The molecule has 0 N–H and O–H groups in total. The number of esters is 1. The lowest BCUT2D eigenvalue weighted by atomic mass is 9.97. The number of carbonyl (C=O) groups excluding carboxylic acids is 1. The zero-order valence-corrected chi connectivity index (χ0v) is 16.5. The van der Waals surface area contributed by atoms with Crippen molar-refractivity contribution >= 4 is 27.5 Å². The fourth-order valence-electron chi connectivity index (χ4n) is 3.63. The normalized spacial score (nSPS) is 13.4.